The molecule has 106 valence electrons. The summed E-state index contributed by atoms with van der Waals surface area (Å²) in [5.41, 5.74) is 5.82. The zero-order valence-corrected chi connectivity index (χ0v) is 12.3. The molecule has 0 bridgehead atoms. The van der Waals surface area contributed by atoms with Crippen molar-refractivity contribution in [3.8, 4) is 0 Å². The van der Waals surface area contributed by atoms with Crippen LogP contribution in [0, 0.1) is 18.6 Å². The van der Waals surface area contributed by atoms with E-state index in [4.69, 9.17) is 5.73 Å². The van der Waals surface area contributed by atoms with Crippen molar-refractivity contribution >= 4 is 33.3 Å². The molecule has 1 amide bonds. The van der Waals surface area contributed by atoms with Crippen molar-refractivity contribution in [2.45, 2.75) is 6.92 Å². The molecule has 1 aromatic heterocycles. The number of nitrogen functional groups attached to an aromatic ring is 1. The van der Waals surface area contributed by atoms with Crippen molar-refractivity contribution in [2.75, 3.05) is 11.1 Å². The van der Waals surface area contributed by atoms with Gasteiger partial charge in [0.15, 0.2) is 5.82 Å². The van der Waals surface area contributed by atoms with Gasteiger partial charge in [0.05, 0.1) is 11.4 Å². The Labute approximate surface area is 121 Å². The van der Waals surface area contributed by atoms with Crippen LogP contribution in [0.25, 0.3) is 0 Å². The van der Waals surface area contributed by atoms with Crippen molar-refractivity contribution in [2.24, 2.45) is 7.05 Å². The fraction of sp³-hybridized carbons (Fsp3) is 0.167. The van der Waals surface area contributed by atoms with E-state index in [1.54, 1.807) is 14.0 Å². The van der Waals surface area contributed by atoms with E-state index in [0.29, 0.717) is 5.69 Å². The molecule has 0 aliphatic rings. The van der Waals surface area contributed by atoms with E-state index < -0.39 is 23.1 Å². The lowest BCUT2D eigenvalue weighted by Gasteiger charge is -2.08. The van der Waals surface area contributed by atoms with Gasteiger partial charge in [-0.05, 0) is 19.1 Å². The van der Waals surface area contributed by atoms with Gasteiger partial charge in [-0.3, -0.25) is 9.48 Å². The molecule has 8 heteroatoms. The highest BCUT2D eigenvalue weighted by atomic mass is 79.9. The van der Waals surface area contributed by atoms with Crippen molar-refractivity contribution < 1.29 is 13.6 Å². The number of nitrogens with one attached hydrogen (secondary N) is 1. The van der Waals surface area contributed by atoms with E-state index in [2.05, 4.69) is 26.3 Å². The smallest absolute Gasteiger partial charge is 0.262 e. The number of hydrogen-bond donors (Lipinski definition) is 2. The summed E-state index contributed by atoms with van der Waals surface area (Å²) in [4.78, 5) is 12.0. The molecule has 0 radical (unpaired) electrons. The summed E-state index contributed by atoms with van der Waals surface area (Å²) < 4.78 is 28.9. The molecule has 2 aromatic rings. The lowest BCUT2D eigenvalue weighted by atomic mass is 10.2. The number of halogens is 3. The first-order valence-corrected chi connectivity index (χ1v) is 6.35. The largest absolute Gasteiger partial charge is 0.394 e. The summed E-state index contributed by atoms with van der Waals surface area (Å²) in [7, 11) is 1.56. The summed E-state index contributed by atoms with van der Waals surface area (Å²) in [6, 6.07) is 2.02. The SMILES string of the molecule is Cc1nn(C)c(NC(=O)c2c(F)cc(Br)cc2F)c1N. The monoisotopic (exact) mass is 344 g/mol. The van der Waals surface area contributed by atoms with Gasteiger partial charge in [-0.2, -0.15) is 5.10 Å². The van der Waals surface area contributed by atoms with E-state index in [0.717, 1.165) is 12.1 Å². The minimum Gasteiger partial charge on any atom is -0.394 e. The van der Waals surface area contributed by atoms with Gasteiger partial charge in [0.2, 0.25) is 0 Å². The third-order valence-electron chi connectivity index (χ3n) is 2.73. The van der Waals surface area contributed by atoms with Gasteiger partial charge < -0.3 is 11.1 Å². The number of benzene rings is 1. The van der Waals surface area contributed by atoms with E-state index in [9.17, 15) is 13.6 Å². The first-order valence-electron chi connectivity index (χ1n) is 5.56. The minimum atomic E-state index is -0.966. The average Bonchev–Trinajstić information content (AvgIpc) is 2.54. The fourth-order valence-electron chi connectivity index (χ4n) is 1.75. The lowest BCUT2D eigenvalue weighted by Crippen LogP contribution is -2.18. The molecular formula is C12H11BrF2N4O. The standard InChI is InChI=1S/C12H11BrF2N4O/c1-5-10(16)11(19(2)18-5)17-12(20)9-7(14)3-6(13)4-8(9)15/h3-4H,16H2,1-2H3,(H,17,20). The molecular weight excluding hydrogens is 334 g/mol. The highest BCUT2D eigenvalue weighted by Gasteiger charge is 2.21. The van der Waals surface area contributed by atoms with Gasteiger partial charge in [-0.15, -0.1) is 0 Å². The molecule has 0 fully saturated rings. The second-order valence-electron chi connectivity index (χ2n) is 4.17. The number of carbonyl (C=O) groups excluding carboxylic acids is 1. The van der Waals surface area contributed by atoms with Crippen LogP contribution >= 0.6 is 15.9 Å². The van der Waals surface area contributed by atoms with Crippen molar-refractivity contribution in [1.29, 1.82) is 0 Å². The number of anilines is 2. The summed E-state index contributed by atoms with van der Waals surface area (Å²) in [6.07, 6.45) is 0. The second-order valence-corrected chi connectivity index (χ2v) is 5.09. The summed E-state index contributed by atoms with van der Waals surface area (Å²) in [5, 5.41) is 6.36. The maximum absolute atomic E-state index is 13.7. The number of amides is 1. The van der Waals surface area contributed by atoms with Crippen molar-refractivity contribution in [1.82, 2.24) is 9.78 Å². The molecule has 5 nitrogen and oxygen atoms in total. The molecule has 20 heavy (non-hydrogen) atoms. The summed E-state index contributed by atoms with van der Waals surface area (Å²) >= 11 is 2.94. The summed E-state index contributed by atoms with van der Waals surface area (Å²) in [5.74, 6) is -2.67. The quantitative estimate of drug-likeness (QED) is 0.879. The number of aryl methyl sites for hydroxylation is 2. The van der Waals surface area contributed by atoms with Crippen LogP contribution in [0.15, 0.2) is 16.6 Å². The maximum Gasteiger partial charge on any atom is 0.262 e. The third kappa shape index (κ3) is 2.51. The Kier molecular flexibility index (Phi) is 3.76. The Hall–Kier alpha value is -1.96. The van der Waals surface area contributed by atoms with Crippen molar-refractivity contribution in [3.05, 3.63) is 39.5 Å². The Morgan fingerprint density at radius 3 is 2.40 bits per heavy atom. The number of carbonyl (C=O) groups is 1. The molecule has 0 aliphatic heterocycles. The fourth-order valence-corrected chi connectivity index (χ4v) is 2.15. The molecule has 0 saturated heterocycles. The Morgan fingerprint density at radius 1 is 1.40 bits per heavy atom. The molecule has 1 heterocycles. The Balaban J connectivity index is 2.38. The molecule has 0 unspecified atom stereocenters. The Morgan fingerprint density at radius 2 is 1.95 bits per heavy atom. The number of nitrogens with two attached hydrogens (primary N) is 1. The third-order valence-corrected chi connectivity index (χ3v) is 3.19. The van der Waals surface area contributed by atoms with E-state index >= 15 is 0 Å². The maximum atomic E-state index is 13.7. The first kappa shape index (κ1) is 14.4. The second kappa shape index (κ2) is 5.20. The normalized spacial score (nSPS) is 10.7. The van der Waals surface area contributed by atoms with Gasteiger partial charge in [0.1, 0.15) is 17.2 Å². The number of hydrogen-bond acceptors (Lipinski definition) is 3. The van der Waals surface area contributed by atoms with Crippen LogP contribution in [-0.4, -0.2) is 15.7 Å². The molecule has 1 aromatic carbocycles. The number of nitrogens with zero attached hydrogens (tertiary/aromatic N) is 2. The van der Waals surface area contributed by atoms with Crippen LogP contribution in [0.3, 0.4) is 0 Å². The van der Waals surface area contributed by atoms with Gasteiger partial charge in [0, 0.05) is 11.5 Å². The highest BCUT2D eigenvalue weighted by molar-refractivity contribution is 9.10. The van der Waals surface area contributed by atoms with Crippen LogP contribution in [0.4, 0.5) is 20.3 Å². The van der Waals surface area contributed by atoms with Crippen LogP contribution in [0.2, 0.25) is 0 Å². The number of aromatic nitrogens is 2. The predicted octanol–water partition coefficient (Wildman–Crippen LogP) is 2.60. The van der Waals surface area contributed by atoms with E-state index in [1.165, 1.54) is 4.68 Å². The van der Waals surface area contributed by atoms with Crippen LogP contribution in [0.1, 0.15) is 16.1 Å². The molecule has 3 N–H and O–H groups in total. The lowest BCUT2D eigenvalue weighted by molar-refractivity contribution is 0.101. The van der Waals surface area contributed by atoms with Crippen molar-refractivity contribution in [3.63, 3.8) is 0 Å². The molecule has 0 aliphatic carbocycles. The topological polar surface area (TPSA) is 72.9 Å². The Bertz CT molecular complexity index is 676. The first-order chi connectivity index (χ1) is 9.31. The molecule has 0 atom stereocenters. The van der Waals surface area contributed by atoms with Crippen LogP contribution in [0.5, 0.6) is 0 Å². The van der Waals surface area contributed by atoms with Gasteiger partial charge in [0.25, 0.3) is 5.91 Å². The summed E-state index contributed by atoms with van der Waals surface area (Å²) in [6.45, 7) is 1.66. The van der Waals surface area contributed by atoms with Crippen LogP contribution < -0.4 is 11.1 Å². The predicted molar refractivity (Wildman–Crippen MR) is 74.4 cm³/mol. The van der Waals surface area contributed by atoms with Gasteiger partial charge in [-0.25, -0.2) is 8.78 Å². The van der Waals surface area contributed by atoms with E-state index in [1.807, 2.05) is 0 Å². The van der Waals surface area contributed by atoms with Gasteiger partial charge in [-0.1, -0.05) is 15.9 Å². The van der Waals surface area contributed by atoms with Gasteiger partial charge >= 0.3 is 0 Å². The molecule has 0 spiro atoms. The highest BCUT2D eigenvalue weighted by Crippen LogP contribution is 2.24. The average molecular weight is 345 g/mol. The zero-order valence-electron chi connectivity index (χ0n) is 10.7. The van der Waals surface area contributed by atoms with Crippen LogP contribution in [-0.2, 0) is 7.05 Å². The molecule has 0 saturated carbocycles. The van der Waals surface area contributed by atoms with E-state index in [-0.39, 0.29) is 16.0 Å². The number of rotatable bonds is 2. The molecule has 2 rings (SSSR count). The zero-order chi connectivity index (χ0) is 15.0. The minimum absolute atomic E-state index is 0.189.